The minimum atomic E-state index is -0.678. The second-order valence-corrected chi connectivity index (χ2v) is 5.58. The quantitative estimate of drug-likeness (QED) is 0.812. The highest BCUT2D eigenvalue weighted by atomic mass is 16.6. The number of hydrogen-bond acceptors (Lipinski definition) is 6. The van der Waals surface area contributed by atoms with Crippen molar-refractivity contribution in [1.82, 2.24) is 0 Å². The molecular formula is C16H19N3O4. The summed E-state index contributed by atoms with van der Waals surface area (Å²) in [5, 5.41) is 5.72. The number of primary amides is 1. The molecule has 1 aromatic rings. The van der Waals surface area contributed by atoms with Crippen molar-refractivity contribution in [2.24, 2.45) is 10.8 Å². The summed E-state index contributed by atoms with van der Waals surface area (Å²) in [5.41, 5.74) is 6.35. The van der Waals surface area contributed by atoms with Gasteiger partial charge in [0.05, 0.1) is 11.8 Å². The van der Waals surface area contributed by atoms with Gasteiger partial charge in [-0.15, -0.1) is 0 Å². The normalized spacial score (nSPS) is 23.7. The minimum absolute atomic E-state index is 0.0434. The Morgan fingerprint density at radius 2 is 2.13 bits per heavy atom. The van der Waals surface area contributed by atoms with E-state index in [0.717, 1.165) is 12.8 Å². The number of para-hydroxylation sites is 1. The molecule has 23 heavy (non-hydrogen) atoms. The van der Waals surface area contributed by atoms with Gasteiger partial charge in [-0.2, -0.15) is 5.10 Å². The molecule has 1 fully saturated rings. The van der Waals surface area contributed by atoms with Crippen molar-refractivity contribution in [2.75, 3.05) is 18.2 Å². The van der Waals surface area contributed by atoms with E-state index in [9.17, 15) is 9.59 Å². The van der Waals surface area contributed by atoms with Crippen LogP contribution in [0.2, 0.25) is 0 Å². The molecule has 1 amide bonds. The topological polar surface area (TPSA) is 94.2 Å². The Hall–Kier alpha value is -2.41. The number of esters is 1. The summed E-state index contributed by atoms with van der Waals surface area (Å²) >= 11 is 0. The number of rotatable bonds is 5. The number of anilines is 1. The zero-order chi connectivity index (χ0) is 16.2. The number of hydrazone groups is 1. The molecule has 0 aromatic heterocycles. The first-order valence-electron chi connectivity index (χ1n) is 7.65. The number of nitrogens with two attached hydrogens (primary N) is 1. The average Bonchev–Trinajstić information content (AvgIpc) is 3.23. The van der Waals surface area contributed by atoms with Crippen LogP contribution in [-0.4, -0.2) is 42.9 Å². The van der Waals surface area contributed by atoms with E-state index < -0.39 is 17.9 Å². The number of ether oxygens (including phenoxy) is 2. The second-order valence-electron chi connectivity index (χ2n) is 5.58. The Bertz CT molecular complexity index is 611. The SMILES string of the molecule is NC(=O)[C@H]1CC(C(=O)OC[C@@H]2CCCO2)=NN1c1ccccc1. The van der Waals surface area contributed by atoms with Crippen molar-refractivity contribution in [3.05, 3.63) is 30.3 Å². The number of carbonyl (C=O) groups is 2. The molecule has 7 heteroatoms. The van der Waals surface area contributed by atoms with E-state index in [1.165, 1.54) is 5.01 Å². The summed E-state index contributed by atoms with van der Waals surface area (Å²) in [6.45, 7) is 0.916. The van der Waals surface area contributed by atoms with Crippen LogP contribution in [0.3, 0.4) is 0 Å². The maximum Gasteiger partial charge on any atom is 0.354 e. The van der Waals surface area contributed by atoms with E-state index in [-0.39, 0.29) is 24.8 Å². The van der Waals surface area contributed by atoms with E-state index >= 15 is 0 Å². The highest BCUT2D eigenvalue weighted by molar-refractivity contribution is 6.38. The van der Waals surface area contributed by atoms with Crippen molar-refractivity contribution in [3.8, 4) is 0 Å². The lowest BCUT2D eigenvalue weighted by atomic mass is 10.1. The lowest BCUT2D eigenvalue weighted by molar-refractivity contribution is -0.138. The van der Waals surface area contributed by atoms with Crippen molar-refractivity contribution < 1.29 is 19.1 Å². The van der Waals surface area contributed by atoms with E-state index in [0.29, 0.717) is 12.3 Å². The molecule has 2 aliphatic heterocycles. The maximum absolute atomic E-state index is 12.2. The Labute approximate surface area is 134 Å². The van der Waals surface area contributed by atoms with Gasteiger partial charge in [-0.05, 0) is 25.0 Å². The van der Waals surface area contributed by atoms with Gasteiger partial charge >= 0.3 is 5.97 Å². The van der Waals surface area contributed by atoms with Gasteiger partial charge in [0, 0.05) is 13.0 Å². The molecule has 3 rings (SSSR count). The Morgan fingerprint density at radius 1 is 1.35 bits per heavy atom. The van der Waals surface area contributed by atoms with Crippen LogP contribution in [-0.2, 0) is 19.1 Å². The summed E-state index contributed by atoms with van der Waals surface area (Å²) in [6.07, 6.45) is 1.97. The van der Waals surface area contributed by atoms with Crippen molar-refractivity contribution in [3.63, 3.8) is 0 Å². The van der Waals surface area contributed by atoms with Crippen LogP contribution in [0.4, 0.5) is 5.69 Å². The highest BCUT2D eigenvalue weighted by Crippen LogP contribution is 2.24. The molecule has 2 atom stereocenters. The largest absolute Gasteiger partial charge is 0.458 e. The minimum Gasteiger partial charge on any atom is -0.458 e. The monoisotopic (exact) mass is 317 g/mol. The van der Waals surface area contributed by atoms with Crippen LogP contribution in [0.15, 0.2) is 35.4 Å². The number of carbonyl (C=O) groups excluding carboxylic acids is 2. The smallest absolute Gasteiger partial charge is 0.354 e. The molecular weight excluding hydrogens is 298 g/mol. The summed E-state index contributed by atoms with van der Waals surface area (Å²) in [7, 11) is 0. The predicted molar refractivity (Wildman–Crippen MR) is 83.9 cm³/mol. The zero-order valence-electron chi connectivity index (χ0n) is 12.7. The Kier molecular flexibility index (Phi) is 4.57. The van der Waals surface area contributed by atoms with Gasteiger partial charge in [0.25, 0.3) is 0 Å². The molecule has 0 unspecified atom stereocenters. The van der Waals surface area contributed by atoms with Gasteiger partial charge in [-0.25, -0.2) is 4.79 Å². The lowest BCUT2D eigenvalue weighted by Crippen LogP contribution is -2.39. The molecule has 2 aliphatic rings. The molecule has 7 nitrogen and oxygen atoms in total. The van der Waals surface area contributed by atoms with E-state index in [1.807, 2.05) is 18.2 Å². The van der Waals surface area contributed by atoms with Gasteiger partial charge in [-0.1, -0.05) is 18.2 Å². The molecule has 2 heterocycles. The molecule has 1 saturated heterocycles. The maximum atomic E-state index is 12.2. The summed E-state index contributed by atoms with van der Waals surface area (Å²) < 4.78 is 10.7. The highest BCUT2D eigenvalue weighted by Gasteiger charge is 2.35. The fraction of sp³-hybridized carbons (Fsp3) is 0.438. The van der Waals surface area contributed by atoms with Crippen LogP contribution in [0.1, 0.15) is 19.3 Å². The third-order valence-corrected chi connectivity index (χ3v) is 3.92. The Morgan fingerprint density at radius 3 is 2.78 bits per heavy atom. The first kappa shape index (κ1) is 15.5. The van der Waals surface area contributed by atoms with Crippen molar-refractivity contribution in [2.45, 2.75) is 31.4 Å². The third-order valence-electron chi connectivity index (χ3n) is 3.92. The Balaban J connectivity index is 1.69. The fourth-order valence-electron chi connectivity index (χ4n) is 2.70. The first-order chi connectivity index (χ1) is 11.1. The van der Waals surface area contributed by atoms with Crippen LogP contribution in [0.25, 0.3) is 0 Å². The molecule has 0 spiro atoms. The van der Waals surface area contributed by atoms with E-state index in [2.05, 4.69) is 5.10 Å². The van der Waals surface area contributed by atoms with E-state index in [4.69, 9.17) is 15.2 Å². The molecule has 0 radical (unpaired) electrons. The van der Waals surface area contributed by atoms with E-state index in [1.54, 1.807) is 12.1 Å². The van der Waals surface area contributed by atoms with Crippen molar-refractivity contribution >= 4 is 23.3 Å². The van der Waals surface area contributed by atoms with Crippen LogP contribution in [0.5, 0.6) is 0 Å². The standard InChI is InChI=1S/C16H19N3O4/c17-15(20)14-9-13(16(21)23-10-12-7-4-8-22-12)18-19(14)11-5-2-1-3-6-11/h1-3,5-6,12,14H,4,7-10H2,(H2,17,20)/t12-,14+/m0/s1. The van der Waals surface area contributed by atoms with Gasteiger partial charge in [0.1, 0.15) is 18.4 Å². The third kappa shape index (κ3) is 3.50. The summed E-state index contributed by atoms with van der Waals surface area (Å²) in [5.74, 6) is -1.05. The van der Waals surface area contributed by atoms with Gasteiger partial charge in [0.15, 0.2) is 0 Å². The fourth-order valence-corrected chi connectivity index (χ4v) is 2.70. The predicted octanol–water partition coefficient (Wildman–Crippen LogP) is 0.829. The molecule has 2 N–H and O–H groups in total. The summed E-state index contributed by atoms with van der Waals surface area (Å²) in [6, 6.07) is 8.45. The number of hydrogen-bond donors (Lipinski definition) is 1. The molecule has 1 aromatic carbocycles. The number of benzene rings is 1. The van der Waals surface area contributed by atoms with Gasteiger partial charge < -0.3 is 15.2 Å². The molecule has 0 saturated carbocycles. The summed E-state index contributed by atoms with van der Waals surface area (Å²) in [4.78, 5) is 23.8. The lowest BCUT2D eigenvalue weighted by Gasteiger charge is -2.20. The van der Waals surface area contributed by atoms with Crippen molar-refractivity contribution in [1.29, 1.82) is 0 Å². The number of nitrogens with zero attached hydrogens (tertiary/aromatic N) is 2. The second kappa shape index (κ2) is 6.78. The van der Waals surface area contributed by atoms with Gasteiger partial charge in [0.2, 0.25) is 5.91 Å². The average molecular weight is 317 g/mol. The zero-order valence-corrected chi connectivity index (χ0v) is 12.7. The number of amides is 1. The first-order valence-corrected chi connectivity index (χ1v) is 7.65. The van der Waals surface area contributed by atoms with Crippen LogP contribution >= 0.6 is 0 Å². The molecule has 122 valence electrons. The van der Waals surface area contributed by atoms with Crippen LogP contribution in [0, 0.1) is 0 Å². The van der Waals surface area contributed by atoms with Crippen LogP contribution < -0.4 is 10.7 Å². The molecule has 0 aliphatic carbocycles. The van der Waals surface area contributed by atoms with Gasteiger partial charge in [-0.3, -0.25) is 9.80 Å². The molecule has 0 bridgehead atoms.